The molecule has 0 aliphatic rings. The van der Waals surface area contributed by atoms with Crippen molar-refractivity contribution in [2.24, 2.45) is 4.99 Å². The number of anilines is 1. The standard InChI is InChI=1S/C16H22N2.C2H6/c1-5-8-12(11-18-4)15-9-10-16(17)14(7-3)13(15)6-2;1-2/h5,8-11H,1,6-7,17H2,2-4H3;1-2H3/b12-8+,18-11?;. The number of hydrogen-bond acceptors (Lipinski definition) is 2. The molecule has 0 bridgehead atoms. The summed E-state index contributed by atoms with van der Waals surface area (Å²) < 4.78 is 0. The van der Waals surface area contributed by atoms with Gasteiger partial charge in [-0.15, -0.1) is 0 Å². The van der Waals surface area contributed by atoms with Gasteiger partial charge in [0, 0.05) is 18.9 Å². The zero-order chi connectivity index (χ0) is 15.5. The molecule has 2 heteroatoms. The summed E-state index contributed by atoms with van der Waals surface area (Å²) in [5, 5.41) is 0. The van der Waals surface area contributed by atoms with Gasteiger partial charge in [0.05, 0.1) is 0 Å². The molecule has 1 rings (SSSR count). The molecule has 1 aromatic carbocycles. The summed E-state index contributed by atoms with van der Waals surface area (Å²) in [5.41, 5.74) is 11.8. The van der Waals surface area contributed by atoms with E-state index in [1.54, 1.807) is 13.1 Å². The SMILES string of the molecule is C=C/C=C(\C=NC)c1ccc(N)c(CC)c1CC.CC. The number of nitrogens with zero attached hydrogens (tertiary/aromatic N) is 1. The van der Waals surface area contributed by atoms with Gasteiger partial charge in [0.15, 0.2) is 0 Å². The van der Waals surface area contributed by atoms with Crippen LogP contribution in [0.25, 0.3) is 5.57 Å². The molecule has 0 fully saturated rings. The number of rotatable bonds is 5. The van der Waals surface area contributed by atoms with E-state index >= 15 is 0 Å². The Kier molecular flexibility index (Phi) is 9.10. The molecule has 0 unspecified atom stereocenters. The van der Waals surface area contributed by atoms with Crippen LogP contribution in [0.3, 0.4) is 0 Å². The van der Waals surface area contributed by atoms with Gasteiger partial charge in [-0.05, 0) is 41.2 Å². The molecule has 0 atom stereocenters. The number of nitrogen functional groups attached to an aromatic ring is 1. The first-order valence-corrected chi connectivity index (χ1v) is 7.35. The second-order valence-electron chi connectivity index (χ2n) is 4.11. The molecule has 2 N–H and O–H groups in total. The third kappa shape index (κ3) is 4.37. The first-order valence-electron chi connectivity index (χ1n) is 7.35. The van der Waals surface area contributed by atoms with E-state index in [-0.39, 0.29) is 0 Å². The van der Waals surface area contributed by atoms with Crippen LogP contribution < -0.4 is 5.73 Å². The monoisotopic (exact) mass is 272 g/mol. The maximum Gasteiger partial charge on any atom is 0.0349 e. The van der Waals surface area contributed by atoms with E-state index in [2.05, 4.69) is 31.5 Å². The van der Waals surface area contributed by atoms with E-state index in [0.717, 1.165) is 24.1 Å². The topological polar surface area (TPSA) is 38.4 Å². The molecular formula is C18H28N2. The average molecular weight is 272 g/mol. The van der Waals surface area contributed by atoms with Crippen molar-refractivity contribution in [3.63, 3.8) is 0 Å². The Bertz CT molecular complexity index is 482. The molecule has 0 amide bonds. The van der Waals surface area contributed by atoms with Gasteiger partial charge in [-0.3, -0.25) is 4.99 Å². The zero-order valence-electron chi connectivity index (χ0n) is 13.5. The van der Waals surface area contributed by atoms with Crippen LogP contribution in [0.1, 0.15) is 44.4 Å². The number of allylic oxidation sites excluding steroid dienone is 3. The number of hydrogen-bond donors (Lipinski definition) is 1. The molecule has 110 valence electrons. The van der Waals surface area contributed by atoms with E-state index in [9.17, 15) is 0 Å². The normalized spacial score (nSPS) is 11.2. The van der Waals surface area contributed by atoms with Crippen molar-refractivity contribution in [1.29, 1.82) is 0 Å². The molecular weight excluding hydrogens is 244 g/mol. The fourth-order valence-electron chi connectivity index (χ4n) is 2.27. The highest BCUT2D eigenvalue weighted by Crippen LogP contribution is 2.27. The minimum Gasteiger partial charge on any atom is -0.398 e. The van der Waals surface area contributed by atoms with E-state index < -0.39 is 0 Å². The van der Waals surface area contributed by atoms with Gasteiger partial charge in [-0.2, -0.15) is 0 Å². The highest BCUT2D eigenvalue weighted by Gasteiger charge is 2.11. The van der Waals surface area contributed by atoms with Crippen molar-refractivity contribution in [2.75, 3.05) is 12.8 Å². The smallest absolute Gasteiger partial charge is 0.0349 e. The third-order valence-corrected chi connectivity index (χ3v) is 3.05. The lowest BCUT2D eigenvalue weighted by Crippen LogP contribution is -2.03. The largest absolute Gasteiger partial charge is 0.398 e. The Hall–Kier alpha value is -1.83. The van der Waals surface area contributed by atoms with E-state index in [1.165, 1.54) is 16.7 Å². The Morgan fingerprint density at radius 1 is 1.20 bits per heavy atom. The summed E-state index contributed by atoms with van der Waals surface area (Å²) in [7, 11) is 1.78. The van der Waals surface area contributed by atoms with Crippen LogP contribution in [-0.2, 0) is 12.8 Å². The second-order valence-corrected chi connectivity index (χ2v) is 4.11. The Labute approximate surface area is 124 Å². The molecule has 0 aliphatic carbocycles. The van der Waals surface area contributed by atoms with Gasteiger partial charge >= 0.3 is 0 Å². The summed E-state index contributed by atoms with van der Waals surface area (Å²) >= 11 is 0. The lowest BCUT2D eigenvalue weighted by molar-refractivity contribution is 1.04. The second kappa shape index (κ2) is 10.0. The number of aliphatic imine (C=N–C) groups is 1. The fourth-order valence-corrected chi connectivity index (χ4v) is 2.27. The lowest BCUT2D eigenvalue weighted by atomic mass is 9.91. The summed E-state index contributed by atoms with van der Waals surface area (Å²) in [6.45, 7) is 12.1. The van der Waals surface area contributed by atoms with Crippen molar-refractivity contribution < 1.29 is 0 Å². The van der Waals surface area contributed by atoms with Gasteiger partial charge in [0.2, 0.25) is 0 Å². The summed E-state index contributed by atoms with van der Waals surface area (Å²) in [5.74, 6) is 0. The van der Waals surface area contributed by atoms with E-state index in [4.69, 9.17) is 5.73 Å². The predicted octanol–water partition coefficient (Wildman–Crippen LogP) is 4.69. The molecule has 0 radical (unpaired) electrons. The number of benzene rings is 1. The Morgan fingerprint density at radius 3 is 2.25 bits per heavy atom. The zero-order valence-corrected chi connectivity index (χ0v) is 13.5. The first-order chi connectivity index (χ1) is 9.69. The predicted molar refractivity (Wildman–Crippen MR) is 93.5 cm³/mol. The van der Waals surface area contributed by atoms with Crippen molar-refractivity contribution >= 4 is 17.5 Å². The quantitative estimate of drug-likeness (QED) is 0.471. The highest BCUT2D eigenvalue weighted by atomic mass is 14.6. The van der Waals surface area contributed by atoms with Gasteiger partial charge in [0.25, 0.3) is 0 Å². The van der Waals surface area contributed by atoms with Crippen molar-refractivity contribution in [3.8, 4) is 0 Å². The third-order valence-electron chi connectivity index (χ3n) is 3.05. The number of nitrogens with two attached hydrogens (primary N) is 1. The minimum atomic E-state index is 0.879. The molecule has 0 saturated heterocycles. The van der Waals surface area contributed by atoms with Crippen LogP contribution in [-0.4, -0.2) is 13.3 Å². The van der Waals surface area contributed by atoms with Crippen LogP contribution >= 0.6 is 0 Å². The maximum absolute atomic E-state index is 6.05. The van der Waals surface area contributed by atoms with Crippen LogP contribution in [0, 0.1) is 0 Å². The summed E-state index contributed by atoms with van der Waals surface area (Å²) in [6, 6.07) is 4.05. The van der Waals surface area contributed by atoms with Crippen LogP contribution in [0.4, 0.5) is 5.69 Å². The van der Waals surface area contributed by atoms with Gasteiger partial charge < -0.3 is 5.73 Å². The van der Waals surface area contributed by atoms with Gasteiger partial charge in [0.1, 0.15) is 0 Å². The summed E-state index contributed by atoms with van der Waals surface area (Å²) in [6.07, 6.45) is 7.56. The maximum atomic E-state index is 6.05. The average Bonchev–Trinajstić information content (AvgIpc) is 2.48. The molecule has 1 aromatic rings. The molecule has 2 nitrogen and oxygen atoms in total. The van der Waals surface area contributed by atoms with E-state index in [0.29, 0.717) is 0 Å². The Balaban J connectivity index is 0.00000172. The molecule has 0 heterocycles. The van der Waals surface area contributed by atoms with E-state index in [1.807, 2.05) is 32.2 Å². The van der Waals surface area contributed by atoms with Crippen molar-refractivity contribution in [1.82, 2.24) is 0 Å². The lowest BCUT2D eigenvalue weighted by Gasteiger charge is -2.15. The van der Waals surface area contributed by atoms with Crippen LogP contribution in [0.5, 0.6) is 0 Å². The molecule has 0 saturated carbocycles. The molecule has 0 aromatic heterocycles. The first kappa shape index (κ1) is 18.2. The fraction of sp³-hybridized carbons (Fsp3) is 0.389. The van der Waals surface area contributed by atoms with Gasteiger partial charge in [-0.25, -0.2) is 0 Å². The van der Waals surface area contributed by atoms with Crippen molar-refractivity contribution in [2.45, 2.75) is 40.5 Å². The molecule has 0 spiro atoms. The highest BCUT2D eigenvalue weighted by molar-refractivity contribution is 6.11. The molecule has 0 aliphatic heterocycles. The van der Waals surface area contributed by atoms with Gasteiger partial charge in [-0.1, -0.05) is 52.5 Å². The Morgan fingerprint density at radius 2 is 1.80 bits per heavy atom. The van der Waals surface area contributed by atoms with Crippen molar-refractivity contribution in [3.05, 3.63) is 47.6 Å². The van der Waals surface area contributed by atoms with Crippen LogP contribution in [0.15, 0.2) is 35.9 Å². The molecule has 20 heavy (non-hydrogen) atoms. The van der Waals surface area contributed by atoms with Crippen LogP contribution in [0.2, 0.25) is 0 Å². The minimum absolute atomic E-state index is 0.879. The summed E-state index contributed by atoms with van der Waals surface area (Å²) in [4.78, 5) is 4.11.